The highest BCUT2D eigenvalue weighted by Gasteiger charge is 2.27. The molecule has 0 amide bonds. The van der Waals surface area contributed by atoms with E-state index in [0.29, 0.717) is 17.3 Å². The van der Waals surface area contributed by atoms with E-state index >= 15 is 0 Å². The molecule has 2 aromatic rings. The van der Waals surface area contributed by atoms with E-state index in [0.717, 1.165) is 5.02 Å². The van der Waals surface area contributed by atoms with Gasteiger partial charge in [-0.3, -0.25) is 0 Å². The van der Waals surface area contributed by atoms with Crippen LogP contribution in [0.25, 0.3) is 0 Å². The Hall–Kier alpha value is -0.480. The summed E-state index contributed by atoms with van der Waals surface area (Å²) in [6.45, 7) is 4.52. The summed E-state index contributed by atoms with van der Waals surface area (Å²) in [5, 5.41) is 7.45. The van der Waals surface area contributed by atoms with Crippen molar-refractivity contribution in [1.29, 1.82) is 0 Å². The van der Waals surface area contributed by atoms with Crippen molar-refractivity contribution < 1.29 is 0 Å². The molecular formula is C16H18ClNS2. The van der Waals surface area contributed by atoms with Crippen LogP contribution in [0.15, 0.2) is 39.9 Å². The normalized spacial score (nSPS) is 23.4. The highest BCUT2D eigenvalue weighted by molar-refractivity contribution is 8.01. The van der Waals surface area contributed by atoms with E-state index in [1.807, 2.05) is 35.2 Å². The van der Waals surface area contributed by atoms with Crippen molar-refractivity contribution in [3.05, 3.63) is 51.9 Å². The molecule has 0 spiro atoms. The number of halogens is 1. The van der Waals surface area contributed by atoms with Crippen molar-refractivity contribution in [3.63, 3.8) is 0 Å². The van der Waals surface area contributed by atoms with E-state index in [9.17, 15) is 0 Å². The zero-order chi connectivity index (χ0) is 14.1. The van der Waals surface area contributed by atoms with Gasteiger partial charge in [-0.15, -0.1) is 23.1 Å². The van der Waals surface area contributed by atoms with Crippen molar-refractivity contribution >= 4 is 34.7 Å². The van der Waals surface area contributed by atoms with Crippen LogP contribution in [-0.2, 0) is 0 Å². The molecule has 20 heavy (non-hydrogen) atoms. The molecule has 0 saturated carbocycles. The smallest absolute Gasteiger partial charge is 0.0649 e. The molecule has 4 heteroatoms. The molecule has 3 atom stereocenters. The number of fused-ring (bicyclic) bond motifs is 1. The van der Waals surface area contributed by atoms with Crippen LogP contribution in [0.1, 0.15) is 43.5 Å². The fourth-order valence-corrected chi connectivity index (χ4v) is 5.45. The monoisotopic (exact) mass is 323 g/mol. The van der Waals surface area contributed by atoms with Gasteiger partial charge >= 0.3 is 0 Å². The lowest BCUT2D eigenvalue weighted by atomic mass is 10.0. The largest absolute Gasteiger partial charge is 0.303 e. The van der Waals surface area contributed by atoms with Crippen LogP contribution in [0.2, 0.25) is 5.02 Å². The molecule has 1 aromatic heterocycles. The third kappa shape index (κ3) is 3.06. The molecule has 2 heterocycles. The quantitative estimate of drug-likeness (QED) is 0.780. The van der Waals surface area contributed by atoms with Crippen molar-refractivity contribution in [1.82, 2.24) is 5.32 Å². The molecule has 1 unspecified atom stereocenters. The number of rotatable bonds is 3. The Bertz CT molecular complexity index is 596. The molecule has 0 radical (unpaired) electrons. The highest BCUT2D eigenvalue weighted by atomic mass is 35.5. The number of thioether (sulfide) groups is 1. The maximum atomic E-state index is 6.09. The zero-order valence-electron chi connectivity index (χ0n) is 11.6. The Balaban J connectivity index is 1.78. The standard InChI is InChI=1S/C16H18ClNS2/c1-10-8-15(14-6-7-19-16(14)20-10)18-11(2)12-4-3-5-13(17)9-12/h3-7,9-11,15,18H,8H2,1-2H3/t10-,11-,15?/m0/s1. The van der Waals surface area contributed by atoms with Gasteiger partial charge in [-0.25, -0.2) is 0 Å². The second kappa shape index (κ2) is 6.10. The van der Waals surface area contributed by atoms with Gasteiger partial charge in [-0.1, -0.05) is 30.7 Å². The van der Waals surface area contributed by atoms with Crippen molar-refractivity contribution in [2.45, 2.75) is 41.8 Å². The summed E-state index contributed by atoms with van der Waals surface area (Å²) in [4.78, 5) is 0. The van der Waals surface area contributed by atoms with Gasteiger partial charge in [-0.2, -0.15) is 0 Å². The average Bonchev–Trinajstić information content (AvgIpc) is 2.86. The Labute approximate surface area is 133 Å². The zero-order valence-corrected chi connectivity index (χ0v) is 14.0. The summed E-state index contributed by atoms with van der Waals surface area (Å²) >= 11 is 9.95. The SMILES string of the molecule is C[C@H](NC1C[C@H](C)Sc2sccc21)c1cccc(Cl)c1. The summed E-state index contributed by atoms with van der Waals surface area (Å²) in [6, 6.07) is 11.2. The summed E-state index contributed by atoms with van der Waals surface area (Å²) in [5.74, 6) is 0. The molecule has 0 aliphatic carbocycles. The minimum Gasteiger partial charge on any atom is -0.303 e. The topological polar surface area (TPSA) is 12.0 Å². The van der Waals surface area contributed by atoms with E-state index in [2.05, 4.69) is 42.7 Å². The van der Waals surface area contributed by atoms with E-state index in [1.165, 1.54) is 21.8 Å². The average molecular weight is 324 g/mol. The Kier molecular flexibility index (Phi) is 4.41. The van der Waals surface area contributed by atoms with Gasteiger partial charge in [0.1, 0.15) is 0 Å². The van der Waals surface area contributed by atoms with Gasteiger partial charge < -0.3 is 5.32 Å². The first-order valence-electron chi connectivity index (χ1n) is 6.89. The van der Waals surface area contributed by atoms with E-state index in [1.54, 1.807) is 0 Å². The van der Waals surface area contributed by atoms with Crippen LogP contribution in [0.3, 0.4) is 0 Å². The fourth-order valence-electron chi connectivity index (χ4n) is 2.68. The van der Waals surface area contributed by atoms with E-state index in [4.69, 9.17) is 11.6 Å². The lowest BCUT2D eigenvalue weighted by molar-refractivity contribution is 0.435. The maximum Gasteiger partial charge on any atom is 0.0649 e. The van der Waals surface area contributed by atoms with Gasteiger partial charge in [0.2, 0.25) is 0 Å². The summed E-state index contributed by atoms with van der Waals surface area (Å²) in [5.41, 5.74) is 2.71. The lowest BCUT2D eigenvalue weighted by Gasteiger charge is -2.30. The van der Waals surface area contributed by atoms with Crippen molar-refractivity contribution in [2.24, 2.45) is 0 Å². The molecule has 1 nitrogen and oxygen atoms in total. The number of benzene rings is 1. The first-order chi connectivity index (χ1) is 9.63. The Morgan fingerprint density at radius 2 is 2.20 bits per heavy atom. The van der Waals surface area contributed by atoms with Gasteiger partial charge in [0, 0.05) is 22.4 Å². The van der Waals surface area contributed by atoms with Crippen molar-refractivity contribution in [2.75, 3.05) is 0 Å². The Morgan fingerprint density at radius 1 is 1.35 bits per heavy atom. The van der Waals surface area contributed by atoms with E-state index < -0.39 is 0 Å². The van der Waals surface area contributed by atoms with Gasteiger partial charge in [-0.05, 0) is 48.1 Å². The molecule has 0 saturated heterocycles. The first-order valence-corrected chi connectivity index (χ1v) is 9.03. The molecule has 1 aromatic carbocycles. The van der Waals surface area contributed by atoms with Gasteiger partial charge in [0.15, 0.2) is 0 Å². The van der Waals surface area contributed by atoms with Gasteiger partial charge in [0.25, 0.3) is 0 Å². The number of nitrogens with one attached hydrogen (secondary N) is 1. The van der Waals surface area contributed by atoms with Crippen LogP contribution in [-0.4, -0.2) is 5.25 Å². The molecule has 0 fully saturated rings. The minimum atomic E-state index is 0.307. The maximum absolute atomic E-state index is 6.09. The highest BCUT2D eigenvalue weighted by Crippen LogP contribution is 2.44. The minimum absolute atomic E-state index is 0.307. The van der Waals surface area contributed by atoms with Crippen LogP contribution in [0, 0.1) is 0 Å². The second-order valence-electron chi connectivity index (χ2n) is 5.32. The number of hydrogen-bond acceptors (Lipinski definition) is 3. The molecule has 106 valence electrons. The number of thiophene rings is 1. The lowest BCUT2D eigenvalue weighted by Crippen LogP contribution is -2.28. The fraction of sp³-hybridized carbons (Fsp3) is 0.375. The van der Waals surface area contributed by atoms with Crippen LogP contribution >= 0.6 is 34.7 Å². The first kappa shape index (κ1) is 14.5. The molecule has 0 bridgehead atoms. The molecule has 1 aliphatic rings. The van der Waals surface area contributed by atoms with Crippen LogP contribution in [0.5, 0.6) is 0 Å². The predicted octanol–water partition coefficient (Wildman–Crippen LogP) is 5.68. The molecule has 3 rings (SSSR count). The van der Waals surface area contributed by atoms with Gasteiger partial charge in [0.05, 0.1) is 4.21 Å². The Morgan fingerprint density at radius 3 is 3.00 bits per heavy atom. The third-order valence-electron chi connectivity index (χ3n) is 3.71. The van der Waals surface area contributed by atoms with Crippen LogP contribution < -0.4 is 5.32 Å². The predicted molar refractivity (Wildman–Crippen MR) is 90.0 cm³/mol. The summed E-state index contributed by atoms with van der Waals surface area (Å²) < 4.78 is 1.47. The molecular weight excluding hydrogens is 306 g/mol. The second-order valence-corrected chi connectivity index (χ2v) is 8.38. The van der Waals surface area contributed by atoms with Crippen molar-refractivity contribution in [3.8, 4) is 0 Å². The van der Waals surface area contributed by atoms with Crippen LogP contribution in [0.4, 0.5) is 0 Å². The summed E-state index contributed by atoms with van der Waals surface area (Å²) in [6.07, 6.45) is 1.18. The molecule has 1 N–H and O–H groups in total. The van der Waals surface area contributed by atoms with E-state index in [-0.39, 0.29) is 0 Å². The third-order valence-corrected chi connectivity index (χ3v) is 6.29. The summed E-state index contributed by atoms with van der Waals surface area (Å²) in [7, 11) is 0. The number of hydrogen-bond donors (Lipinski definition) is 1. The molecule has 1 aliphatic heterocycles.